The zero-order valence-electron chi connectivity index (χ0n) is 18.9. The lowest BCUT2D eigenvalue weighted by atomic mass is 10.0. The van der Waals surface area contributed by atoms with Crippen LogP contribution >= 0.6 is 0 Å². The summed E-state index contributed by atoms with van der Waals surface area (Å²) in [5.74, 6) is 0.170. The fraction of sp³-hybridized carbons (Fsp3) is 0.320. The lowest BCUT2D eigenvalue weighted by Crippen LogP contribution is -2.49. The average molecular weight is 449 g/mol. The van der Waals surface area contributed by atoms with Gasteiger partial charge in [-0.3, -0.25) is 9.69 Å². The van der Waals surface area contributed by atoms with Gasteiger partial charge >= 0.3 is 5.69 Å². The number of amides is 1. The number of benzene rings is 2. The van der Waals surface area contributed by atoms with Crippen LogP contribution in [0.4, 0.5) is 0 Å². The van der Waals surface area contributed by atoms with E-state index in [-0.39, 0.29) is 11.7 Å². The number of ether oxygens (including phenoxy) is 1. The molecule has 0 aliphatic carbocycles. The van der Waals surface area contributed by atoms with Gasteiger partial charge in [-0.2, -0.15) is 4.98 Å². The number of phenolic OH excluding ortho intramolecular Hbond substituents is 1. The Morgan fingerprint density at radius 2 is 1.88 bits per heavy atom. The van der Waals surface area contributed by atoms with E-state index in [1.807, 2.05) is 17.0 Å². The molecule has 2 aromatic carbocycles. The Morgan fingerprint density at radius 1 is 1.09 bits per heavy atom. The minimum Gasteiger partial charge on any atom is -0.508 e. The maximum Gasteiger partial charge on any atom is 0.345 e. The Bertz CT molecular complexity index is 1200. The molecule has 2 heterocycles. The number of rotatable bonds is 6. The third-order valence-corrected chi connectivity index (χ3v) is 5.93. The van der Waals surface area contributed by atoms with E-state index in [1.54, 1.807) is 50.4 Å². The van der Waals surface area contributed by atoms with Crippen LogP contribution in [0.1, 0.15) is 15.9 Å². The van der Waals surface area contributed by atoms with Crippen molar-refractivity contribution in [2.75, 3.05) is 46.4 Å². The minimum atomic E-state index is -0.475. The van der Waals surface area contributed by atoms with Crippen LogP contribution < -0.4 is 5.69 Å². The van der Waals surface area contributed by atoms with Crippen LogP contribution in [-0.4, -0.2) is 77.2 Å². The van der Waals surface area contributed by atoms with Crippen LogP contribution in [0.15, 0.2) is 53.3 Å². The molecule has 1 saturated heterocycles. The molecule has 1 aliphatic heterocycles. The summed E-state index contributed by atoms with van der Waals surface area (Å²) in [6.45, 7) is 6.33. The number of carbonyl (C=O) groups is 1. The Balaban J connectivity index is 1.55. The zero-order chi connectivity index (χ0) is 23.4. The highest BCUT2D eigenvalue weighted by Gasteiger charge is 2.22. The van der Waals surface area contributed by atoms with Gasteiger partial charge in [-0.05, 0) is 54.4 Å². The molecule has 8 heteroatoms. The molecule has 0 atom stereocenters. The highest BCUT2D eigenvalue weighted by Crippen LogP contribution is 2.26. The van der Waals surface area contributed by atoms with Crippen molar-refractivity contribution >= 4 is 5.91 Å². The lowest BCUT2D eigenvalue weighted by molar-refractivity contribution is 0.0594. The molecule has 0 spiro atoms. The third-order valence-electron chi connectivity index (χ3n) is 5.93. The molecule has 2 N–H and O–H groups in total. The molecule has 1 amide bonds. The van der Waals surface area contributed by atoms with Gasteiger partial charge in [0.25, 0.3) is 5.91 Å². The summed E-state index contributed by atoms with van der Waals surface area (Å²) in [7, 11) is 1.69. The second kappa shape index (κ2) is 9.97. The van der Waals surface area contributed by atoms with Crippen LogP contribution in [0, 0.1) is 6.92 Å². The molecule has 3 aromatic rings. The van der Waals surface area contributed by atoms with Gasteiger partial charge in [0.2, 0.25) is 0 Å². The molecule has 1 aromatic heterocycles. The Hall–Kier alpha value is -3.49. The van der Waals surface area contributed by atoms with Crippen LogP contribution in [0.5, 0.6) is 5.75 Å². The summed E-state index contributed by atoms with van der Waals surface area (Å²) in [6.07, 6.45) is 0. The number of carbonyl (C=O) groups excluding carboxylic acids is 1. The van der Waals surface area contributed by atoms with E-state index in [2.05, 4.69) is 14.9 Å². The first-order valence-corrected chi connectivity index (χ1v) is 11.0. The van der Waals surface area contributed by atoms with E-state index < -0.39 is 5.69 Å². The largest absolute Gasteiger partial charge is 0.508 e. The summed E-state index contributed by atoms with van der Waals surface area (Å²) in [4.78, 5) is 36.4. The van der Waals surface area contributed by atoms with Crippen molar-refractivity contribution in [3.63, 3.8) is 0 Å². The van der Waals surface area contributed by atoms with E-state index >= 15 is 0 Å². The molecule has 172 valence electrons. The molecule has 1 aliphatic rings. The number of piperazine rings is 1. The van der Waals surface area contributed by atoms with E-state index in [1.165, 1.54) is 0 Å². The standard InChI is InChI=1S/C25H28N4O4/c1-17-14-19(6-7-23(17)30)22-16-21(26-25(32)27-22)18-4-3-5-20(15-18)24(31)29-10-8-28(9-11-29)12-13-33-2/h3-7,14-16,30H,8-13H2,1-2H3,(H,26,27,32). The summed E-state index contributed by atoms with van der Waals surface area (Å²) < 4.78 is 5.14. The van der Waals surface area contributed by atoms with Gasteiger partial charge in [0.1, 0.15) is 5.75 Å². The van der Waals surface area contributed by atoms with Crippen molar-refractivity contribution in [2.45, 2.75) is 6.92 Å². The van der Waals surface area contributed by atoms with Gasteiger partial charge in [0.15, 0.2) is 0 Å². The molecular weight excluding hydrogens is 420 g/mol. The van der Waals surface area contributed by atoms with Crippen LogP contribution in [0.25, 0.3) is 22.5 Å². The molecule has 1 fully saturated rings. The SMILES string of the molecule is COCCN1CCN(C(=O)c2cccc(-c3cc(-c4ccc(O)c(C)c4)nc(=O)[nH]3)c2)CC1. The normalized spacial score (nSPS) is 14.4. The topological polar surface area (TPSA) is 98.8 Å². The number of aromatic nitrogens is 2. The van der Waals surface area contributed by atoms with Crippen LogP contribution in [0.2, 0.25) is 0 Å². The number of hydrogen-bond donors (Lipinski definition) is 2. The second-order valence-electron chi connectivity index (χ2n) is 8.19. The maximum absolute atomic E-state index is 13.1. The fourth-order valence-corrected chi connectivity index (χ4v) is 3.97. The molecule has 0 radical (unpaired) electrons. The summed E-state index contributed by atoms with van der Waals surface area (Å²) >= 11 is 0. The number of methoxy groups -OCH3 is 1. The van der Waals surface area contributed by atoms with Gasteiger partial charge < -0.3 is 19.7 Å². The van der Waals surface area contributed by atoms with Crippen molar-refractivity contribution < 1.29 is 14.6 Å². The van der Waals surface area contributed by atoms with Gasteiger partial charge in [-0.25, -0.2) is 4.79 Å². The van der Waals surface area contributed by atoms with E-state index in [0.29, 0.717) is 42.2 Å². The molecule has 4 rings (SSSR count). The lowest BCUT2D eigenvalue weighted by Gasteiger charge is -2.34. The number of aromatic hydroxyl groups is 1. The zero-order valence-corrected chi connectivity index (χ0v) is 18.9. The minimum absolute atomic E-state index is 0.0194. The summed E-state index contributed by atoms with van der Waals surface area (Å²) in [6, 6.07) is 14.2. The summed E-state index contributed by atoms with van der Waals surface area (Å²) in [5.41, 5.74) is 3.35. The number of aromatic amines is 1. The molecular formula is C25H28N4O4. The van der Waals surface area contributed by atoms with Crippen LogP contribution in [-0.2, 0) is 4.74 Å². The monoisotopic (exact) mass is 448 g/mol. The van der Waals surface area contributed by atoms with Crippen molar-refractivity contribution in [1.82, 2.24) is 19.8 Å². The second-order valence-corrected chi connectivity index (χ2v) is 8.19. The first kappa shape index (κ1) is 22.7. The molecule has 8 nitrogen and oxygen atoms in total. The number of nitrogens with zero attached hydrogens (tertiary/aromatic N) is 3. The number of hydrogen-bond acceptors (Lipinski definition) is 6. The van der Waals surface area contributed by atoms with Gasteiger partial charge in [0, 0.05) is 51.0 Å². The van der Waals surface area contributed by atoms with E-state index in [4.69, 9.17) is 4.74 Å². The highest BCUT2D eigenvalue weighted by molar-refractivity contribution is 5.95. The van der Waals surface area contributed by atoms with Gasteiger partial charge in [0.05, 0.1) is 18.0 Å². The van der Waals surface area contributed by atoms with E-state index in [0.717, 1.165) is 30.8 Å². The number of H-pyrrole nitrogens is 1. The van der Waals surface area contributed by atoms with E-state index in [9.17, 15) is 14.7 Å². The molecule has 0 saturated carbocycles. The average Bonchev–Trinajstić information content (AvgIpc) is 2.84. The van der Waals surface area contributed by atoms with Gasteiger partial charge in [-0.1, -0.05) is 12.1 Å². The molecule has 0 unspecified atom stereocenters. The van der Waals surface area contributed by atoms with Crippen molar-refractivity contribution in [3.05, 3.63) is 70.1 Å². The Labute approximate surface area is 192 Å². The van der Waals surface area contributed by atoms with Gasteiger partial charge in [-0.15, -0.1) is 0 Å². The quantitative estimate of drug-likeness (QED) is 0.601. The van der Waals surface area contributed by atoms with Crippen LogP contribution in [0.3, 0.4) is 0 Å². The van der Waals surface area contributed by atoms with Crippen molar-refractivity contribution in [2.24, 2.45) is 0 Å². The molecule has 33 heavy (non-hydrogen) atoms. The Morgan fingerprint density at radius 3 is 2.61 bits per heavy atom. The number of aryl methyl sites for hydroxylation is 1. The predicted octanol–water partition coefficient (Wildman–Crippen LogP) is 2.52. The Kier molecular flexibility index (Phi) is 6.86. The number of phenols is 1. The smallest absolute Gasteiger partial charge is 0.345 e. The summed E-state index contributed by atoms with van der Waals surface area (Å²) in [5, 5.41) is 9.79. The molecule has 0 bridgehead atoms. The first-order chi connectivity index (χ1) is 15.9. The maximum atomic E-state index is 13.1. The third kappa shape index (κ3) is 5.30. The number of nitrogens with one attached hydrogen (secondary N) is 1. The first-order valence-electron chi connectivity index (χ1n) is 11.0. The fourth-order valence-electron chi connectivity index (χ4n) is 3.97. The van der Waals surface area contributed by atoms with Crippen molar-refractivity contribution in [3.8, 4) is 28.3 Å². The predicted molar refractivity (Wildman–Crippen MR) is 126 cm³/mol. The highest BCUT2D eigenvalue weighted by atomic mass is 16.5. The van der Waals surface area contributed by atoms with Crippen molar-refractivity contribution in [1.29, 1.82) is 0 Å².